The van der Waals surface area contributed by atoms with Gasteiger partial charge in [0.2, 0.25) is 33.7 Å². The van der Waals surface area contributed by atoms with Crippen molar-refractivity contribution in [3.05, 3.63) is 44.8 Å². The summed E-state index contributed by atoms with van der Waals surface area (Å²) in [5, 5.41) is 28.2. The Morgan fingerprint density at radius 2 is 1.16 bits per heavy atom. The van der Waals surface area contributed by atoms with Crippen LogP contribution in [0.2, 0.25) is 0 Å². The van der Waals surface area contributed by atoms with Crippen LogP contribution in [0.25, 0.3) is 0 Å². The van der Waals surface area contributed by atoms with E-state index >= 15 is 4.79 Å². The maximum Gasteiger partial charge on any atom is 0.317 e. The minimum absolute atomic E-state index is 0.0221. The van der Waals surface area contributed by atoms with Gasteiger partial charge in [-0.05, 0) is 187 Å². The molecule has 2 aromatic rings. The highest BCUT2D eigenvalue weighted by Gasteiger charge is 2.67. The third-order valence-corrected chi connectivity index (χ3v) is 26.9. The van der Waals surface area contributed by atoms with E-state index in [4.69, 9.17) is 0 Å². The van der Waals surface area contributed by atoms with E-state index in [9.17, 15) is 32.4 Å². The maximum absolute atomic E-state index is 15.2. The van der Waals surface area contributed by atoms with Gasteiger partial charge in [0, 0.05) is 99.4 Å². The average molecular weight is 1290 g/mol. The molecule has 4 saturated carbocycles. The second kappa shape index (κ2) is 28.9. The summed E-state index contributed by atoms with van der Waals surface area (Å²) in [7, 11) is -3.19. The van der Waals surface area contributed by atoms with Gasteiger partial charge < -0.3 is 56.8 Å². The topological polar surface area (TPSA) is 237 Å². The zero-order chi connectivity index (χ0) is 61.6. The summed E-state index contributed by atoms with van der Waals surface area (Å²) in [5.74, 6) is -0.878. The normalized spacial score (nSPS) is 29.4. The van der Waals surface area contributed by atoms with E-state index < -0.39 is 33.9 Å². The number of unbranched alkanes of at least 4 members (excludes halogenated alkanes) is 1. The van der Waals surface area contributed by atoms with Gasteiger partial charge in [-0.15, -0.1) is 22.7 Å². The molecule has 6 saturated heterocycles. The van der Waals surface area contributed by atoms with Crippen molar-refractivity contribution in [3.8, 4) is 0 Å². The van der Waals surface area contributed by atoms with Gasteiger partial charge in [0.25, 0.3) is 0 Å². The van der Waals surface area contributed by atoms with Crippen molar-refractivity contribution < 1.29 is 37.2 Å². The molecule has 0 bridgehead atoms. The van der Waals surface area contributed by atoms with Crippen LogP contribution < -0.4 is 37.2 Å². The lowest BCUT2D eigenvalue weighted by atomic mass is 9.74. The fourth-order valence-corrected chi connectivity index (χ4v) is 20.3. The molecule has 7 N–H and O–H groups in total. The minimum Gasteiger partial charge on any atom is -0.351 e. The number of rotatable bonds is 21. The van der Waals surface area contributed by atoms with E-state index in [2.05, 4.69) is 37.2 Å². The van der Waals surface area contributed by atoms with Gasteiger partial charge in [-0.2, -0.15) is 0 Å². The van der Waals surface area contributed by atoms with Crippen molar-refractivity contribution in [2.24, 2.45) is 34.0 Å². The van der Waals surface area contributed by atoms with E-state index in [1.54, 1.807) is 27.0 Å². The SMILES string of the molecule is O=C(NCc1cccs1)[C@H]1CN(C(=O)C(CC2CCNCC2)NC2CCCC3(C2)CC32CCN(C(=O)N[C@@H]3CCN(C(=O)[C@@H](CCCCN4CCCS4(=O)=O)NC4CCCCC4)C[C@@H]3C(=O)NCc3cccs3)CC2)CC[C@H]1NC(=O)N1CCC2(CC1)CC2. The summed E-state index contributed by atoms with van der Waals surface area (Å²) in [4.78, 5) is 96.6. The van der Waals surface area contributed by atoms with Gasteiger partial charge in [-0.25, -0.2) is 22.3 Å². The zero-order valence-electron chi connectivity index (χ0n) is 52.7. The van der Waals surface area contributed by atoms with Crippen molar-refractivity contribution in [2.45, 2.75) is 210 Å². The molecule has 23 heteroatoms. The van der Waals surface area contributed by atoms with Crippen LogP contribution in [0.4, 0.5) is 9.59 Å². The summed E-state index contributed by atoms with van der Waals surface area (Å²) in [6.07, 6.45) is 23.6. The molecule has 3 spiro atoms. The van der Waals surface area contributed by atoms with Crippen molar-refractivity contribution in [1.29, 1.82) is 0 Å². The number of nitrogens with zero attached hydrogens (tertiary/aromatic N) is 5. The second-order valence-corrected chi connectivity index (χ2v) is 33.0. The van der Waals surface area contributed by atoms with Crippen molar-refractivity contribution in [2.75, 3.05) is 84.3 Å². The van der Waals surface area contributed by atoms with Gasteiger partial charge in [0.1, 0.15) is 0 Å². The molecule has 492 valence electrons. The molecule has 8 amide bonds. The number of hydrogen-bond acceptors (Lipinski definition) is 13. The number of piperidine rings is 5. The Labute approximate surface area is 536 Å². The van der Waals surface area contributed by atoms with Crippen molar-refractivity contribution in [1.82, 2.24) is 61.1 Å². The van der Waals surface area contributed by atoms with Crippen LogP contribution in [0.3, 0.4) is 0 Å². The molecule has 8 heterocycles. The number of fused-ring (bicyclic) bond motifs is 1. The highest BCUT2D eigenvalue weighted by Crippen LogP contribution is 2.74. The fourth-order valence-electron chi connectivity index (χ4n) is 17.4. The summed E-state index contributed by atoms with van der Waals surface area (Å²) < 4.78 is 26.7. The van der Waals surface area contributed by atoms with Crippen LogP contribution in [0.15, 0.2) is 35.0 Å². The fraction of sp³-hybridized carbons (Fsp3) is 0.788. The molecular formula is C66H102N12O8S3. The largest absolute Gasteiger partial charge is 0.351 e. The first kappa shape index (κ1) is 64.7. The van der Waals surface area contributed by atoms with Crippen LogP contribution in [0.5, 0.6) is 0 Å². The molecule has 4 aliphatic carbocycles. The Balaban J connectivity index is 0.665. The van der Waals surface area contributed by atoms with E-state index in [1.807, 2.05) is 54.6 Å². The number of carbonyl (C=O) groups excluding carboxylic acids is 6. The summed E-state index contributed by atoms with van der Waals surface area (Å²) in [6, 6.07) is 6.45. The smallest absolute Gasteiger partial charge is 0.317 e. The Morgan fingerprint density at radius 3 is 1.72 bits per heavy atom. The molecule has 12 rings (SSSR count). The van der Waals surface area contributed by atoms with Crippen LogP contribution in [-0.4, -0.2) is 189 Å². The van der Waals surface area contributed by atoms with E-state index in [1.165, 1.54) is 19.3 Å². The summed E-state index contributed by atoms with van der Waals surface area (Å²) in [5.41, 5.74) is 0.720. The van der Waals surface area contributed by atoms with E-state index in [0.717, 1.165) is 139 Å². The average Bonchev–Trinajstić information content (AvgIpc) is 1.63. The number of likely N-dealkylation sites (tertiary alicyclic amines) is 4. The lowest BCUT2D eigenvalue weighted by molar-refractivity contribution is -0.140. The first-order chi connectivity index (χ1) is 43.1. The molecule has 3 unspecified atom stereocenters. The molecule has 10 aliphatic rings. The van der Waals surface area contributed by atoms with Crippen LogP contribution in [0.1, 0.15) is 170 Å². The van der Waals surface area contributed by atoms with E-state index in [-0.39, 0.29) is 89.5 Å². The number of nitrogens with one attached hydrogen (secondary N) is 7. The van der Waals surface area contributed by atoms with Gasteiger partial charge >= 0.3 is 12.1 Å². The zero-order valence-corrected chi connectivity index (χ0v) is 55.1. The third-order valence-electron chi connectivity index (χ3n) is 23.2. The van der Waals surface area contributed by atoms with E-state index in [0.29, 0.717) is 102 Å². The third kappa shape index (κ3) is 15.8. The predicted octanol–water partition coefficient (Wildman–Crippen LogP) is 6.73. The molecule has 0 aromatic carbocycles. The standard InChI is InChI=1S/C66H102N12O8S3/c79-58(68-42-50-13-7-37-87-50)52-44-76(60(81)56(70-48-10-2-1-3-11-48)15-4-5-29-78-30-9-39-89(78,85)86)31-18-54(52)73-63(84)75-35-25-65(26-36-75)46-66(65)20-6-12-49(41-66)71-57(40-47-16-27-67-28-17-47)61(82)77-32-19-55(53(45-77)59(80)69-43-51-14-8-38-88-51)72-62(83)74-33-23-64(21-22-64)24-34-74/h7-8,13-14,37-38,47-49,52-57,67,70-71H,1-6,9-12,15-36,39-46H2,(H,68,79)(H,69,80)(H,72,83)(H,73,84)/t49?,52-,53-,54+,55+,56+,57?,66?/m0/s1. The first-order valence-electron chi connectivity index (χ1n) is 34.6. The highest BCUT2D eigenvalue weighted by atomic mass is 32.2. The number of thiophene rings is 2. The van der Waals surface area contributed by atoms with Gasteiger partial charge in [-0.1, -0.05) is 44.2 Å². The van der Waals surface area contributed by atoms with Crippen LogP contribution in [-0.2, 0) is 42.3 Å². The number of sulfonamides is 1. The molecule has 0 radical (unpaired) electrons. The number of urea groups is 2. The molecule has 6 aliphatic heterocycles. The Hall–Kier alpha value is -4.39. The number of carbonyl (C=O) groups is 6. The monoisotopic (exact) mass is 1290 g/mol. The molecule has 20 nitrogen and oxygen atoms in total. The minimum atomic E-state index is -3.19. The van der Waals surface area contributed by atoms with Gasteiger partial charge in [0.15, 0.2) is 0 Å². The number of hydrogen-bond donors (Lipinski definition) is 7. The summed E-state index contributed by atoms with van der Waals surface area (Å²) >= 11 is 3.18. The van der Waals surface area contributed by atoms with Crippen LogP contribution >= 0.6 is 22.7 Å². The molecule has 89 heavy (non-hydrogen) atoms. The van der Waals surface area contributed by atoms with Gasteiger partial charge in [0.05, 0.1) is 42.8 Å². The lowest BCUT2D eigenvalue weighted by Crippen LogP contribution is -2.61. The quantitative estimate of drug-likeness (QED) is 0.0647. The predicted molar refractivity (Wildman–Crippen MR) is 346 cm³/mol. The molecule has 10 fully saturated rings. The van der Waals surface area contributed by atoms with Crippen molar-refractivity contribution >= 4 is 68.4 Å². The molecule has 8 atom stereocenters. The Bertz CT molecular complexity index is 2850. The Kier molecular flexibility index (Phi) is 21.0. The van der Waals surface area contributed by atoms with Gasteiger partial charge in [-0.3, -0.25) is 19.2 Å². The lowest BCUT2D eigenvalue weighted by Gasteiger charge is -2.43. The first-order valence-corrected chi connectivity index (χ1v) is 38.0. The molecular weight excluding hydrogens is 1190 g/mol. The Morgan fingerprint density at radius 1 is 0.584 bits per heavy atom. The second-order valence-electron chi connectivity index (χ2n) is 28.8. The number of amides is 8. The highest BCUT2D eigenvalue weighted by molar-refractivity contribution is 7.89. The molecule has 2 aromatic heterocycles. The van der Waals surface area contributed by atoms with Crippen molar-refractivity contribution in [3.63, 3.8) is 0 Å². The maximum atomic E-state index is 15.2. The summed E-state index contributed by atoms with van der Waals surface area (Å²) in [6.45, 7) is 7.80. The van der Waals surface area contributed by atoms with Crippen LogP contribution in [0, 0.1) is 34.0 Å².